The molecular weight excluding hydrogens is 270 g/mol. The Hall–Kier alpha value is -2.00. The lowest BCUT2D eigenvalue weighted by atomic mass is 9.90. The molecule has 3 rings (SSSR count). The zero-order valence-corrected chi connectivity index (χ0v) is 12.0. The summed E-state index contributed by atoms with van der Waals surface area (Å²) in [4.78, 5) is 4.39. The van der Waals surface area contributed by atoms with Crippen LogP contribution in [-0.2, 0) is 0 Å². The second-order valence-corrected chi connectivity index (χ2v) is 5.48. The van der Waals surface area contributed by atoms with Crippen molar-refractivity contribution in [2.24, 2.45) is 10.7 Å². The van der Waals surface area contributed by atoms with Crippen LogP contribution in [0.15, 0.2) is 47.5 Å². The van der Waals surface area contributed by atoms with Gasteiger partial charge in [0.15, 0.2) is 5.96 Å². The molecule has 1 heterocycles. The van der Waals surface area contributed by atoms with Crippen LogP contribution < -0.4 is 11.1 Å². The van der Waals surface area contributed by atoms with Crippen molar-refractivity contribution in [1.82, 2.24) is 0 Å². The molecule has 1 unspecified atom stereocenters. The third-order valence-corrected chi connectivity index (χ3v) is 3.81. The second kappa shape index (κ2) is 5.17. The van der Waals surface area contributed by atoms with Crippen molar-refractivity contribution in [3.8, 4) is 0 Å². The Bertz CT molecular complexity index is 662. The van der Waals surface area contributed by atoms with Crippen molar-refractivity contribution in [2.75, 3.05) is 11.9 Å². The van der Waals surface area contributed by atoms with Crippen LogP contribution in [0.25, 0.3) is 0 Å². The minimum absolute atomic E-state index is 0.165. The van der Waals surface area contributed by atoms with E-state index in [2.05, 4.69) is 41.5 Å². The maximum atomic E-state index is 6.15. The number of halogens is 1. The Labute approximate surface area is 123 Å². The Morgan fingerprint density at radius 3 is 2.70 bits per heavy atom. The molecule has 102 valence electrons. The van der Waals surface area contributed by atoms with E-state index >= 15 is 0 Å². The molecular formula is C16H16ClN3. The standard InChI is InChI=1S/C16H16ClN3/c1-10-2-4-11(5-3-10)14-9-19-16(18)20-15-7-6-12(17)8-13(14)15/h2-8,14H,9H2,1H3,(H3,18,19,20). The fraction of sp³-hybridized carbons (Fsp3) is 0.188. The smallest absolute Gasteiger partial charge is 0.193 e. The van der Waals surface area contributed by atoms with Gasteiger partial charge in [0, 0.05) is 16.6 Å². The SMILES string of the molecule is Cc1ccc(C2CN=C(N)Nc3ccc(Cl)cc32)cc1. The van der Waals surface area contributed by atoms with Crippen LogP contribution in [0.2, 0.25) is 5.02 Å². The normalized spacial score (nSPS) is 17.7. The molecule has 4 heteroatoms. The maximum absolute atomic E-state index is 6.15. The van der Waals surface area contributed by atoms with Gasteiger partial charge in [-0.25, -0.2) is 0 Å². The Morgan fingerprint density at radius 1 is 1.20 bits per heavy atom. The highest BCUT2D eigenvalue weighted by Gasteiger charge is 2.21. The largest absolute Gasteiger partial charge is 0.370 e. The number of nitrogens with two attached hydrogens (primary N) is 1. The first-order valence-electron chi connectivity index (χ1n) is 6.56. The molecule has 1 atom stereocenters. The summed E-state index contributed by atoms with van der Waals surface area (Å²) in [7, 11) is 0. The highest BCUT2D eigenvalue weighted by atomic mass is 35.5. The molecule has 1 aliphatic rings. The fourth-order valence-corrected chi connectivity index (χ4v) is 2.67. The maximum Gasteiger partial charge on any atom is 0.193 e. The van der Waals surface area contributed by atoms with Crippen LogP contribution >= 0.6 is 11.6 Å². The number of aryl methyl sites for hydroxylation is 1. The molecule has 0 aliphatic carbocycles. The van der Waals surface area contributed by atoms with Crippen LogP contribution in [0.1, 0.15) is 22.6 Å². The molecule has 0 aromatic heterocycles. The Balaban J connectivity index is 2.11. The molecule has 3 nitrogen and oxygen atoms in total. The fourth-order valence-electron chi connectivity index (χ4n) is 2.48. The van der Waals surface area contributed by atoms with Gasteiger partial charge in [-0.2, -0.15) is 0 Å². The van der Waals surface area contributed by atoms with Gasteiger partial charge in [0.2, 0.25) is 0 Å². The minimum atomic E-state index is 0.165. The number of hydrogen-bond donors (Lipinski definition) is 2. The molecule has 20 heavy (non-hydrogen) atoms. The zero-order valence-electron chi connectivity index (χ0n) is 11.2. The number of benzene rings is 2. The van der Waals surface area contributed by atoms with E-state index in [-0.39, 0.29) is 5.92 Å². The average molecular weight is 286 g/mol. The summed E-state index contributed by atoms with van der Waals surface area (Å²) in [5.74, 6) is 0.612. The summed E-state index contributed by atoms with van der Waals surface area (Å²) in [6.07, 6.45) is 0. The molecule has 1 aliphatic heterocycles. The van der Waals surface area contributed by atoms with E-state index in [1.165, 1.54) is 11.1 Å². The highest BCUT2D eigenvalue weighted by Crippen LogP contribution is 2.34. The lowest BCUT2D eigenvalue weighted by molar-refractivity contribution is 0.828. The monoisotopic (exact) mass is 285 g/mol. The van der Waals surface area contributed by atoms with Crippen LogP contribution in [0.5, 0.6) is 0 Å². The number of hydrogen-bond acceptors (Lipinski definition) is 3. The van der Waals surface area contributed by atoms with E-state index in [0.717, 1.165) is 16.3 Å². The molecule has 0 radical (unpaired) electrons. The second-order valence-electron chi connectivity index (χ2n) is 5.05. The number of rotatable bonds is 1. The van der Waals surface area contributed by atoms with Gasteiger partial charge in [-0.3, -0.25) is 4.99 Å². The van der Waals surface area contributed by atoms with Crippen molar-refractivity contribution >= 4 is 23.2 Å². The lowest BCUT2D eigenvalue weighted by Crippen LogP contribution is -2.21. The van der Waals surface area contributed by atoms with E-state index in [1.54, 1.807) is 0 Å². The molecule has 3 N–H and O–H groups in total. The van der Waals surface area contributed by atoms with Gasteiger partial charge < -0.3 is 11.1 Å². The van der Waals surface area contributed by atoms with Gasteiger partial charge in [-0.1, -0.05) is 41.4 Å². The summed E-state index contributed by atoms with van der Waals surface area (Å²) in [6, 6.07) is 14.3. The van der Waals surface area contributed by atoms with Crippen LogP contribution in [0, 0.1) is 6.92 Å². The Morgan fingerprint density at radius 2 is 1.95 bits per heavy atom. The topological polar surface area (TPSA) is 50.4 Å². The van der Waals surface area contributed by atoms with E-state index in [4.69, 9.17) is 17.3 Å². The predicted molar refractivity (Wildman–Crippen MR) is 84.6 cm³/mol. The van der Waals surface area contributed by atoms with Gasteiger partial charge in [0.05, 0.1) is 6.54 Å². The first-order valence-corrected chi connectivity index (χ1v) is 6.94. The molecule has 0 bridgehead atoms. The number of fused-ring (bicyclic) bond motifs is 1. The first kappa shape index (κ1) is 13.0. The van der Waals surface area contributed by atoms with Gasteiger partial charge in [0.1, 0.15) is 0 Å². The number of nitrogens with zero attached hydrogens (tertiary/aromatic N) is 1. The van der Waals surface area contributed by atoms with Crippen molar-refractivity contribution in [3.63, 3.8) is 0 Å². The van der Waals surface area contributed by atoms with Crippen molar-refractivity contribution in [2.45, 2.75) is 12.8 Å². The number of anilines is 1. The van der Waals surface area contributed by atoms with Gasteiger partial charge in [0.25, 0.3) is 0 Å². The summed E-state index contributed by atoms with van der Waals surface area (Å²) >= 11 is 6.15. The first-order chi connectivity index (χ1) is 9.63. The van der Waals surface area contributed by atoms with Gasteiger partial charge in [-0.05, 0) is 36.2 Å². The zero-order chi connectivity index (χ0) is 14.1. The number of aliphatic imine (C=N–C) groups is 1. The van der Waals surface area contributed by atoms with E-state index < -0.39 is 0 Å². The van der Waals surface area contributed by atoms with Gasteiger partial charge in [-0.15, -0.1) is 0 Å². The minimum Gasteiger partial charge on any atom is -0.370 e. The molecule has 0 amide bonds. The van der Waals surface area contributed by atoms with E-state index in [9.17, 15) is 0 Å². The predicted octanol–water partition coefficient (Wildman–Crippen LogP) is 3.52. The Kier molecular flexibility index (Phi) is 3.36. The molecule has 0 spiro atoms. The number of guanidine groups is 1. The average Bonchev–Trinajstić information content (AvgIpc) is 2.58. The van der Waals surface area contributed by atoms with E-state index in [0.29, 0.717) is 12.5 Å². The van der Waals surface area contributed by atoms with Crippen LogP contribution in [0.3, 0.4) is 0 Å². The highest BCUT2D eigenvalue weighted by molar-refractivity contribution is 6.30. The van der Waals surface area contributed by atoms with Crippen LogP contribution in [-0.4, -0.2) is 12.5 Å². The van der Waals surface area contributed by atoms with Crippen molar-refractivity contribution in [3.05, 3.63) is 64.2 Å². The quantitative estimate of drug-likeness (QED) is 0.842. The molecule has 0 saturated carbocycles. The number of nitrogens with one attached hydrogen (secondary N) is 1. The molecule has 0 saturated heterocycles. The lowest BCUT2D eigenvalue weighted by Gasteiger charge is -2.17. The van der Waals surface area contributed by atoms with Gasteiger partial charge >= 0.3 is 0 Å². The van der Waals surface area contributed by atoms with Crippen molar-refractivity contribution < 1.29 is 0 Å². The third-order valence-electron chi connectivity index (χ3n) is 3.58. The molecule has 0 fully saturated rings. The summed E-state index contributed by atoms with van der Waals surface area (Å²) < 4.78 is 0. The summed E-state index contributed by atoms with van der Waals surface area (Å²) in [5, 5.41) is 3.85. The molecule has 2 aromatic rings. The summed E-state index contributed by atoms with van der Waals surface area (Å²) in [6.45, 7) is 2.70. The molecule has 2 aromatic carbocycles. The van der Waals surface area contributed by atoms with Crippen molar-refractivity contribution in [1.29, 1.82) is 0 Å². The third kappa shape index (κ3) is 2.49. The van der Waals surface area contributed by atoms with Crippen LogP contribution in [0.4, 0.5) is 5.69 Å². The summed E-state index contributed by atoms with van der Waals surface area (Å²) in [5.41, 5.74) is 10.4. The van der Waals surface area contributed by atoms with E-state index in [1.807, 2.05) is 18.2 Å².